The van der Waals surface area contributed by atoms with Gasteiger partial charge in [-0.05, 0) is 46.9 Å². The fourth-order valence-electron chi connectivity index (χ4n) is 4.63. The maximum absolute atomic E-state index is 12.8. The van der Waals surface area contributed by atoms with Gasteiger partial charge in [-0.25, -0.2) is 4.79 Å². The number of thiophene rings is 1. The number of hydrogen-bond acceptors (Lipinski definition) is 4. The minimum Gasteiger partial charge on any atom is -0.338 e. The minimum atomic E-state index is -0.0102. The van der Waals surface area contributed by atoms with Crippen molar-refractivity contribution in [3.05, 3.63) is 65.0 Å². The topological polar surface area (TPSA) is 55.9 Å². The molecule has 2 aromatic carbocycles. The number of nitrogens with one attached hydrogen (secondary N) is 1. The summed E-state index contributed by atoms with van der Waals surface area (Å²) in [7, 11) is 0. The quantitative estimate of drug-likeness (QED) is 0.651. The molecule has 166 valence electrons. The predicted molar refractivity (Wildman–Crippen MR) is 129 cm³/mol. The van der Waals surface area contributed by atoms with Crippen LogP contribution in [0.2, 0.25) is 0 Å². The van der Waals surface area contributed by atoms with E-state index in [0.717, 1.165) is 38.2 Å². The number of para-hydroxylation sites is 1. The number of nitrogens with zero attached hydrogens (tertiary/aromatic N) is 3. The Balaban J connectivity index is 1.06. The van der Waals surface area contributed by atoms with Gasteiger partial charge < -0.3 is 15.1 Å². The maximum Gasteiger partial charge on any atom is 0.317 e. The van der Waals surface area contributed by atoms with Crippen molar-refractivity contribution in [2.24, 2.45) is 0 Å². The number of fused-ring (bicyclic) bond motifs is 2. The molecule has 1 aromatic heterocycles. The number of carbonyl (C=O) groups excluding carboxylic acids is 2. The van der Waals surface area contributed by atoms with Gasteiger partial charge in [0, 0.05) is 49.7 Å². The first kappa shape index (κ1) is 21.0. The molecule has 0 bridgehead atoms. The van der Waals surface area contributed by atoms with Crippen LogP contribution in [-0.4, -0.2) is 67.6 Å². The molecule has 1 N–H and O–H groups in total. The number of hydrogen-bond donors (Lipinski definition) is 1. The van der Waals surface area contributed by atoms with Gasteiger partial charge in [-0.1, -0.05) is 36.4 Å². The standard InChI is InChI=1S/C25H28N4O2S/c30-24(29-12-10-19-5-1-3-7-22(19)29)17-27-13-15-28(16-14-27)25(31)26-11-9-20-18-32-23-8-4-2-6-21(20)23/h1-8,18H,9-17H2,(H,26,31). The first-order chi connectivity index (χ1) is 15.7. The van der Waals surface area contributed by atoms with Gasteiger partial charge in [0.15, 0.2) is 0 Å². The van der Waals surface area contributed by atoms with Crippen LogP contribution < -0.4 is 10.2 Å². The van der Waals surface area contributed by atoms with Crippen molar-refractivity contribution in [2.75, 3.05) is 50.7 Å². The highest BCUT2D eigenvalue weighted by atomic mass is 32.1. The second kappa shape index (κ2) is 9.30. The Morgan fingerprint density at radius 3 is 2.59 bits per heavy atom. The molecule has 5 rings (SSSR count). The van der Waals surface area contributed by atoms with Gasteiger partial charge in [-0.3, -0.25) is 9.69 Å². The van der Waals surface area contributed by atoms with Crippen LogP contribution >= 0.6 is 11.3 Å². The average Bonchev–Trinajstić information content (AvgIpc) is 3.44. The molecule has 7 heteroatoms. The van der Waals surface area contributed by atoms with Gasteiger partial charge in [0.1, 0.15) is 0 Å². The lowest BCUT2D eigenvalue weighted by atomic mass is 10.1. The predicted octanol–water partition coefficient (Wildman–Crippen LogP) is 3.36. The summed E-state index contributed by atoms with van der Waals surface area (Å²) in [6.45, 7) is 4.56. The fraction of sp³-hybridized carbons (Fsp3) is 0.360. The van der Waals surface area contributed by atoms with E-state index in [1.807, 2.05) is 28.0 Å². The van der Waals surface area contributed by atoms with Gasteiger partial charge >= 0.3 is 6.03 Å². The van der Waals surface area contributed by atoms with E-state index in [1.54, 1.807) is 11.3 Å². The summed E-state index contributed by atoms with van der Waals surface area (Å²) in [5.74, 6) is 0.149. The maximum atomic E-state index is 12.8. The van der Waals surface area contributed by atoms with Crippen LogP contribution in [0, 0.1) is 0 Å². The Kier molecular flexibility index (Phi) is 6.10. The van der Waals surface area contributed by atoms with Crippen LogP contribution in [0.4, 0.5) is 10.5 Å². The fourth-order valence-corrected chi connectivity index (χ4v) is 5.62. The lowest BCUT2D eigenvalue weighted by molar-refractivity contribution is -0.120. The van der Waals surface area contributed by atoms with Crippen LogP contribution in [0.15, 0.2) is 53.9 Å². The number of amides is 3. The number of carbonyl (C=O) groups is 2. The lowest BCUT2D eigenvalue weighted by Crippen LogP contribution is -2.53. The third kappa shape index (κ3) is 4.36. The lowest BCUT2D eigenvalue weighted by Gasteiger charge is -2.35. The molecule has 3 amide bonds. The van der Waals surface area contributed by atoms with Gasteiger partial charge in [-0.2, -0.15) is 0 Å². The number of benzene rings is 2. The van der Waals surface area contributed by atoms with Gasteiger partial charge in [0.25, 0.3) is 0 Å². The number of piperazine rings is 1. The van der Waals surface area contributed by atoms with Gasteiger partial charge in [0.05, 0.1) is 6.54 Å². The molecule has 3 heterocycles. The molecule has 6 nitrogen and oxygen atoms in total. The first-order valence-corrected chi connectivity index (χ1v) is 12.2. The van der Waals surface area contributed by atoms with E-state index in [2.05, 4.69) is 45.9 Å². The number of anilines is 1. The SMILES string of the molecule is O=C(NCCc1csc2ccccc12)N1CCN(CC(=O)N2CCc3ccccc32)CC1. The highest BCUT2D eigenvalue weighted by Gasteiger charge is 2.27. The van der Waals surface area contributed by atoms with Crippen molar-refractivity contribution in [3.63, 3.8) is 0 Å². The Morgan fingerprint density at radius 2 is 1.72 bits per heavy atom. The van der Waals surface area contributed by atoms with Crippen molar-refractivity contribution in [3.8, 4) is 0 Å². The Bertz CT molecular complexity index is 1120. The molecule has 0 aliphatic carbocycles. The molecule has 0 spiro atoms. The van der Waals surface area contributed by atoms with E-state index in [9.17, 15) is 9.59 Å². The largest absolute Gasteiger partial charge is 0.338 e. The van der Waals surface area contributed by atoms with E-state index in [4.69, 9.17) is 0 Å². The van der Waals surface area contributed by atoms with Crippen molar-refractivity contribution in [1.82, 2.24) is 15.1 Å². The second-order valence-corrected chi connectivity index (χ2v) is 9.34. The van der Waals surface area contributed by atoms with E-state index in [0.29, 0.717) is 26.2 Å². The van der Waals surface area contributed by atoms with Crippen LogP contribution in [0.5, 0.6) is 0 Å². The van der Waals surface area contributed by atoms with Gasteiger partial charge in [-0.15, -0.1) is 11.3 Å². The number of rotatable bonds is 5. The summed E-state index contributed by atoms with van der Waals surface area (Å²) in [6.07, 6.45) is 1.76. The number of urea groups is 1. The molecule has 2 aliphatic heterocycles. The summed E-state index contributed by atoms with van der Waals surface area (Å²) in [4.78, 5) is 31.3. The third-order valence-corrected chi connectivity index (χ3v) is 7.45. The van der Waals surface area contributed by atoms with E-state index in [1.165, 1.54) is 21.2 Å². The minimum absolute atomic E-state index is 0.0102. The van der Waals surface area contributed by atoms with Crippen molar-refractivity contribution in [1.29, 1.82) is 0 Å². The molecule has 0 unspecified atom stereocenters. The molecule has 3 aromatic rings. The average molecular weight is 449 g/mol. The van der Waals surface area contributed by atoms with E-state index >= 15 is 0 Å². The second-order valence-electron chi connectivity index (χ2n) is 8.43. The third-order valence-electron chi connectivity index (χ3n) is 6.44. The Morgan fingerprint density at radius 1 is 0.938 bits per heavy atom. The monoisotopic (exact) mass is 448 g/mol. The van der Waals surface area contributed by atoms with Crippen LogP contribution in [0.3, 0.4) is 0 Å². The highest BCUT2D eigenvalue weighted by Crippen LogP contribution is 2.28. The van der Waals surface area contributed by atoms with Crippen molar-refractivity contribution in [2.45, 2.75) is 12.8 Å². The van der Waals surface area contributed by atoms with Gasteiger partial charge in [0.2, 0.25) is 5.91 Å². The molecule has 32 heavy (non-hydrogen) atoms. The molecular formula is C25H28N4O2S. The first-order valence-electron chi connectivity index (χ1n) is 11.3. The summed E-state index contributed by atoms with van der Waals surface area (Å²) < 4.78 is 1.29. The zero-order chi connectivity index (χ0) is 21.9. The smallest absolute Gasteiger partial charge is 0.317 e. The normalized spacial score (nSPS) is 16.4. The molecule has 0 radical (unpaired) electrons. The van der Waals surface area contributed by atoms with E-state index < -0.39 is 0 Å². The van der Waals surface area contributed by atoms with Crippen LogP contribution in [0.25, 0.3) is 10.1 Å². The Labute approximate surface area is 192 Å². The summed E-state index contributed by atoms with van der Waals surface area (Å²) in [5, 5.41) is 6.53. The zero-order valence-corrected chi connectivity index (χ0v) is 18.9. The molecule has 2 aliphatic rings. The van der Waals surface area contributed by atoms with Crippen LogP contribution in [0.1, 0.15) is 11.1 Å². The molecule has 1 fully saturated rings. The van der Waals surface area contributed by atoms with E-state index in [-0.39, 0.29) is 11.9 Å². The van der Waals surface area contributed by atoms with Crippen LogP contribution in [-0.2, 0) is 17.6 Å². The molecule has 0 saturated carbocycles. The Hall–Kier alpha value is -2.90. The highest BCUT2D eigenvalue weighted by molar-refractivity contribution is 7.17. The molecular weight excluding hydrogens is 420 g/mol. The van der Waals surface area contributed by atoms with Crippen molar-refractivity contribution >= 4 is 39.0 Å². The molecule has 1 saturated heterocycles. The summed E-state index contributed by atoms with van der Waals surface area (Å²) >= 11 is 1.75. The van der Waals surface area contributed by atoms with Crippen molar-refractivity contribution < 1.29 is 9.59 Å². The summed E-state index contributed by atoms with van der Waals surface area (Å²) in [6, 6.07) is 16.5. The summed E-state index contributed by atoms with van der Waals surface area (Å²) in [5.41, 5.74) is 3.59. The zero-order valence-electron chi connectivity index (χ0n) is 18.1. The molecule has 0 atom stereocenters.